The first-order chi connectivity index (χ1) is 7.56. The zero-order chi connectivity index (χ0) is 11.8. The fraction of sp³-hybridized carbons (Fsp3) is 0.571. The third kappa shape index (κ3) is 1.99. The standard InChI is InChI=1S/C14H20ClN/c1-14(2,16-3)12-8-4-7-11-10(12)6-5-9-13(11)15/h5-6,9,12,16H,4,7-8H2,1-3H3. The number of hydrogen-bond donors (Lipinski definition) is 1. The molecule has 0 saturated carbocycles. The molecule has 1 aromatic carbocycles. The third-order valence-corrected chi connectivity index (χ3v) is 4.32. The van der Waals surface area contributed by atoms with Crippen molar-refractivity contribution in [1.29, 1.82) is 0 Å². The molecule has 16 heavy (non-hydrogen) atoms. The lowest BCUT2D eigenvalue weighted by atomic mass is 9.73. The van der Waals surface area contributed by atoms with Crippen molar-refractivity contribution in [1.82, 2.24) is 5.32 Å². The molecule has 0 saturated heterocycles. The predicted molar refractivity (Wildman–Crippen MR) is 70.3 cm³/mol. The van der Waals surface area contributed by atoms with Crippen LogP contribution in [0.1, 0.15) is 43.7 Å². The lowest BCUT2D eigenvalue weighted by molar-refractivity contribution is 0.313. The Bertz CT molecular complexity index is 384. The van der Waals surface area contributed by atoms with Crippen LogP contribution in [0.2, 0.25) is 5.02 Å². The zero-order valence-corrected chi connectivity index (χ0v) is 11.1. The van der Waals surface area contributed by atoms with Crippen LogP contribution in [0.5, 0.6) is 0 Å². The Hall–Kier alpha value is -0.530. The summed E-state index contributed by atoms with van der Waals surface area (Å²) >= 11 is 6.28. The van der Waals surface area contributed by atoms with Gasteiger partial charge < -0.3 is 5.32 Å². The van der Waals surface area contributed by atoms with E-state index in [0.717, 1.165) is 11.4 Å². The minimum absolute atomic E-state index is 0.139. The number of halogens is 1. The Morgan fingerprint density at radius 3 is 2.81 bits per heavy atom. The van der Waals surface area contributed by atoms with Gasteiger partial charge in [-0.2, -0.15) is 0 Å². The van der Waals surface area contributed by atoms with Crippen molar-refractivity contribution in [3.63, 3.8) is 0 Å². The molecule has 2 heteroatoms. The molecule has 1 aliphatic carbocycles. The van der Waals surface area contributed by atoms with Crippen molar-refractivity contribution in [3.8, 4) is 0 Å². The van der Waals surface area contributed by atoms with E-state index in [9.17, 15) is 0 Å². The van der Waals surface area contributed by atoms with Gasteiger partial charge >= 0.3 is 0 Å². The second kappa shape index (κ2) is 4.38. The zero-order valence-electron chi connectivity index (χ0n) is 10.3. The van der Waals surface area contributed by atoms with Gasteiger partial charge in [0.05, 0.1) is 0 Å². The van der Waals surface area contributed by atoms with Crippen molar-refractivity contribution in [2.75, 3.05) is 7.05 Å². The molecule has 1 atom stereocenters. The van der Waals surface area contributed by atoms with Crippen molar-refractivity contribution in [3.05, 3.63) is 34.3 Å². The summed E-state index contributed by atoms with van der Waals surface area (Å²) in [5.41, 5.74) is 2.95. The molecule has 1 aliphatic rings. The van der Waals surface area contributed by atoms with Crippen molar-refractivity contribution < 1.29 is 0 Å². The van der Waals surface area contributed by atoms with Gasteiger partial charge in [-0.15, -0.1) is 0 Å². The van der Waals surface area contributed by atoms with Crippen LogP contribution in [0, 0.1) is 0 Å². The van der Waals surface area contributed by atoms with Crippen molar-refractivity contribution in [2.45, 2.75) is 44.6 Å². The first kappa shape index (κ1) is 11.9. The van der Waals surface area contributed by atoms with E-state index < -0.39 is 0 Å². The maximum absolute atomic E-state index is 6.28. The predicted octanol–water partition coefficient (Wildman–Crippen LogP) is 3.76. The quantitative estimate of drug-likeness (QED) is 0.826. The van der Waals surface area contributed by atoms with E-state index in [-0.39, 0.29) is 5.54 Å². The molecule has 1 nitrogen and oxygen atoms in total. The number of likely N-dealkylation sites (N-methyl/N-ethyl adjacent to an activating group) is 1. The lowest BCUT2D eigenvalue weighted by Gasteiger charge is -2.38. The van der Waals surface area contributed by atoms with Gasteiger partial charge in [-0.25, -0.2) is 0 Å². The summed E-state index contributed by atoms with van der Waals surface area (Å²) < 4.78 is 0. The van der Waals surface area contributed by atoms with Crippen LogP contribution in [0.4, 0.5) is 0 Å². The van der Waals surface area contributed by atoms with Gasteiger partial charge in [0.15, 0.2) is 0 Å². The summed E-state index contributed by atoms with van der Waals surface area (Å²) in [6.45, 7) is 4.54. The summed E-state index contributed by atoms with van der Waals surface area (Å²) in [5, 5.41) is 4.37. The largest absolute Gasteiger partial charge is 0.314 e. The van der Waals surface area contributed by atoms with Crippen molar-refractivity contribution >= 4 is 11.6 Å². The summed E-state index contributed by atoms with van der Waals surface area (Å²) in [4.78, 5) is 0. The van der Waals surface area contributed by atoms with Crippen LogP contribution < -0.4 is 5.32 Å². The second-order valence-electron chi connectivity index (χ2n) is 5.22. The first-order valence-corrected chi connectivity index (χ1v) is 6.40. The highest BCUT2D eigenvalue weighted by molar-refractivity contribution is 6.31. The van der Waals surface area contributed by atoms with Gasteiger partial charge in [0.25, 0.3) is 0 Å². The summed E-state index contributed by atoms with van der Waals surface area (Å²) in [5.74, 6) is 0.569. The molecule has 2 rings (SSSR count). The minimum atomic E-state index is 0.139. The highest BCUT2D eigenvalue weighted by Crippen LogP contribution is 2.40. The molecule has 1 aromatic rings. The average Bonchev–Trinajstić information content (AvgIpc) is 2.29. The van der Waals surface area contributed by atoms with Gasteiger partial charge in [0, 0.05) is 16.5 Å². The third-order valence-electron chi connectivity index (χ3n) is 3.97. The van der Waals surface area contributed by atoms with E-state index in [2.05, 4.69) is 31.3 Å². The number of rotatable bonds is 2. The molecule has 1 N–H and O–H groups in total. The fourth-order valence-electron chi connectivity index (χ4n) is 2.73. The summed E-state index contributed by atoms with van der Waals surface area (Å²) in [7, 11) is 2.04. The normalized spacial score (nSPS) is 20.6. The van der Waals surface area contributed by atoms with Gasteiger partial charge in [0.2, 0.25) is 0 Å². The molecule has 0 aliphatic heterocycles. The van der Waals surface area contributed by atoms with Crippen LogP contribution in [0.3, 0.4) is 0 Å². The van der Waals surface area contributed by atoms with E-state index in [1.807, 2.05) is 13.1 Å². The molecule has 0 radical (unpaired) electrons. The maximum Gasteiger partial charge on any atom is 0.0440 e. The highest BCUT2D eigenvalue weighted by Gasteiger charge is 2.33. The van der Waals surface area contributed by atoms with Gasteiger partial charge in [0.1, 0.15) is 0 Å². The van der Waals surface area contributed by atoms with Crippen LogP contribution in [-0.2, 0) is 6.42 Å². The van der Waals surface area contributed by atoms with E-state index in [1.54, 1.807) is 0 Å². The molecule has 0 spiro atoms. The minimum Gasteiger partial charge on any atom is -0.314 e. The number of fused-ring (bicyclic) bond motifs is 1. The molecular weight excluding hydrogens is 218 g/mol. The van der Waals surface area contributed by atoms with Gasteiger partial charge in [-0.3, -0.25) is 0 Å². The highest BCUT2D eigenvalue weighted by atomic mass is 35.5. The monoisotopic (exact) mass is 237 g/mol. The van der Waals surface area contributed by atoms with E-state index in [4.69, 9.17) is 11.6 Å². The maximum atomic E-state index is 6.28. The smallest absolute Gasteiger partial charge is 0.0440 e. The van der Waals surface area contributed by atoms with E-state index in [0.29, 0.717) is 5.92 Å². The average molecular weight is 238 g/mol. The molecule has 0 amide bonds. The topological polar surface area (TPSA) is 12.0 Å². The Balaban J connectivity index is 2.45. The number of nitrogens with one attached hydrogen (secondary N) is 1. The molecule has 0 fully saturated rings. The second-order valence-corrected chi connectivity index (χ2v) is 5.63. The Labute approximate surface area is 103 Å². The summed E-state index contributed by atoms with van der Waals surface area (Å²) in [6.07, 6.45) is 3.62. The molecule has 0 heterocycles. The van der Waals surface area contributed by atoms with E-state index in [1.165, 1.54) is 24.0 Å². The summed E-state index contributed by atoms with van der Waals surface area (Å²) in [6, 6.07) is 6.32. The molecule has 88 valence electrons. The number of benzene rings is 1. The van der Waals surface area contributed by atoms with Gasteiger partial charge in [-0.1, -0.05) is 23.7 Å². The lowest BCUT2D eigenvalue weighted by Crippen LogP contribution is -2.43. The van der Waals surface area contributed by atoms with Gasteiger partial charge in [-0.05, 0) is 57.4 Å². The Kier molecular flexibility index (Phi) is 3.27. The Morgan fingerprint density at radius 2 is 2.12 bits per heavy atom. The van der Waals surface area contributed by atoms with Crippen LogP contribution in [0.25, 0.3) is 0 Å². The Morgan fingerprint density at radius 1 is 1.38 bits per heavy atom. The van der Waals surface area contributed by atoms with E-state index >= 15 is 0 Å². The SMILES string of the molecule is CNC(C)(C)C1CCCc2c(Cl)cccc21. The molecule has 1 unspecified atom stereocenters. The number of hydrogen-bond acceptors (Lipinski definition) is 1. The molecule has 0 aromatic heterocycles. The van der Waals surface area contributed by atoms with Crippen LogP contribution in [-0.4, -0.2) is 12.6 Å². The fourth-order valence-corrected chi connectivity index (χ4v) is 3.00. The molecule has 0 bridgehead atoms. The molecular formula is C14H20ClN. The van der Waals surface area contributed by atoms with Crippen LogP contribution >= 0.6 is 11.6 Å². The first-order valence-electron chi connectivity index (χ1n) is 6.02. The van der Waals surface area contributed by atoms with Crippen LogP contribution in [0.15, 0.2) is 18.2 Å². The van der Waals surface area contributed by atoms with Crippen molar-refractivity contribution in [2.24, 2.45) is 0 Å².